The van der Waals surface area contributed by atoms with Crippen molar-refractivity contribution in [3.8, 4) is 5.75 Å². The third kappa shape index (κ3) is 7.66. The van der Waals surface area contributed by atoms with Gasteiger partial charge < -0.3 is 15.4 Å². The highest BCUT2D eigenvalue weighted by Gasteiger charge is 2.30. The van der Waals surface area contributed by atoms with Gasteiger partial charge in [0.25, 0.3) is 5.91 Å². The molecule has 0 unspecified atom stereocenters. The summed E-state index contributed by atoms with van der Waals surface area (Å²) in [5.74, 6) is -2.35. The van der Waals surface area contributed by atoms with Crippen LogP contribution in [0.15, 0.2) is 71.8 Å². The fraction of sp³-hybridized carbons (Fsp3) is 0.154. The Hall–Kier alpha value is -4.67. The Morgan fingerprint density at radius 2 is 1.65 bits per heavy atom. The summed E-state index contributed by atoms with van der Waals surface area (Å²) in [4.78, 5) is 36.4. The first-order valence-corrected chi connectivity index (χ1v) is 10.9. The van der Waals surface area contributed by atoms with Crippen molar-refractivity contribution in [2.45, 2.75) is 20.0 Å². The van der Waals surface area contributed by atoms with Crippen LogP contribution in [0.2, 0.25) is 0 Å². The zero-order chi connectivity index (χ0) is 27.0. The molecule has 3 aromatic rings. The molecule has 0 heterocycles. The Balaban J connectivity index is 1.56. The SMILES string of the molecule is Cc1cccc(NC(=O)C(=O)NN=Cc2ccccc2OCC(=O)Nc2cccc(C(F)(F)F)c2)c1C. The second-order valence-electron chi connectivity index (χ2n) is 7.85. The molecule has 0 atom stereocenters. The zero-order valence-electron chi connectivity index (χ0n) is 19.8. The first kappa shape index (κ1) is 26.9. The molecule has 0 fully saturated rings. The largest absolute Gasteiger partial charge is 0.483 e. The van der Waals surface area contributed by atoms with E-state index < -0.39 is 36.1 Å². The second-order valence-corrected chi connectivity index (χ2v) is 7.85. The molecule has 3 amide bonds. The predicted octanol–water partition coefficient (Wildman–Crippen LogP) is 4.43. The van der Waals surface area contributed by atoms with Gasteiger partial charge in [0, 0.05) is 16.9 Å². The maximum Gasteiger partial charge on any atom is 0.416 e. The third-order valence-corrected chi connectivity index (χ3v) is 5.18. The number of hydrogen-bond acceptors (Lipinski definition) is 5. The van der Waals surface area contributed by atoms with E-state index in [0.717, 1.165) is 23.3 Å². The lowest BCUT2D eigenvalue weighted by atomic mass is 10.1. The molecule has 0 bridgehead atoms. The quantitative estimate of drug-likeness (QED) is 0.247. The number of hydrogen-bond donors (Lipinski definition) is 3. The van der Waals surface area contributed by atoms with Crippen molar-refractivity contribution in [1.29, 1.82) is 0 Å². The molecule has 11 heteroatoms. The molecule has 0 aliphatic carbocycles. The number of alkyl halides is 3. The van der Waals surface area contributed by atoms with Crippen LogP contribution in [-0.2, 0) is 20.6 Å². The molecule has 0 radical (unpaired) electrons. The first-order valence-electron chi connectivity index (χ1n) is 10.9. The maximum absolute atomic E-state index is 12.8. The molecule has 0 aliphatic heterocycles. The van der Waals surface area contributed by atoms with Crippen molar-refractivity contribution in [1.82, 2.24) is 5.43 Å². The highest BCUT2D eigenvalue weighted by atomic mass is 19.4. The van der Waals surface area contributed by atoms with Crippen molar-refractivity contribution < 1.29 is 32.3 Å². The summed E-state index contributed by atoms with van der Waals surface area (Å²) in [7, 11) is 0. The molecule has 3 rings (SSSR count). The summed E-state index contributed by atoms with van der Waals surface area (Å²) in [6.45, 7) is 3.20. The van der Waals surface area contributed by atoms with Gasteiger partial charge in [-0.15, -0.1) is 0 Å². The van der Waals surface area contributed by atoms with Gasteiger partial charge in [-0.2, -0.15) is 18.3 Å². The number of hydrazone groups is 1. The van der Waals surface area contributed by atoms with E-state index in [4.69, 9.17) is 4.74 Å². The number of halogens is 3. The number of aryl methyl sites for hydroxylation is 1. The van der Waals surface area contributed by atoms with Gasteiger partial charge in [-0.1, -0.05) is 30.3 Å². The molecule has 0 saturated heterocycles. The first-order chi connectivity index (χ1) is 17.5. The topological polar surface area (TPSA) is 109 Å². The van der Waals surface area contributed by atoms with E-state index in [1.807, 2.05) is 19.9 Å². The fourth-order valence-corrected chi connectivity index (χ4v) is 3.11. The van der Waals surface area contributed by atoms with E-state index in [1.165, 1.54) is 24.4 Å². The summed E-state index contributed by atoms with van der Waals surface area (Å²) < 4.78 is 44.0. The van der Waals surface area contributed by atoms with Crippen LogP contribution in [0.5, 0.6) is 5.75 Å². The van der Waals surface area contributed by atoms with E-state index in [-0.39, 0.29) is 11.4 Å². The van der Waals surface area contributed by atoms with Crippen LogP contribution in [0.4, 0.5) is 24.5 Å². The van der Waals surface area contributed by atoms with Crippen LogP contribution in [-0.4, -0.2) is 30.5 Å². The van der Waals surface area contributed by atoms with Crippen LogP contribution in [0.1, 0.15) is 22.3 Å². The van der Waals surface area contributed by atoms with Crippen molar-refractivity contribution in [2.75, 3.05) is 17.2 Å². The van der Waals surface area contributed by atoms with E-state index in [2.05, 4.69) is 21.2 Å². The number of para-hydroxylation sites is 1. The Morgan fingerprint density at radius 1 is 0.919 bits per heavy atom. The molecule has 0 spiro atoms. The van der Waals surface area contributed by atoms with Gasteiger partial charge in [0.05, 0.1) is 11.8 Å². The number of carbonyl (C=O) groups excluding carboxylic acids is 3. The van der Waals surface area contributed by atoms with Gasteiger partial charge in [-0.05, 0) is 61.4 Å². The van der Waals surface area contributed by atoms with Gasteiger partial charge in [-0.25, -0.2) is 5.43 Å². The average molecular weight is 512 g/mol. The van der Waals surface area contributed by atoms with Crippen molar-refractivity contribution >= 4 is 35.3 Å². The summed E-state index contributed by atoms with van der Waals surface area (Å²) in [5, 5.41) is 8.62. The number of anilines is 2. The molecule has 37 heavy (non-hydrogen) atoms. The lowest BCUT2D eigenvalue weighted by molar-refractivity contribution is -0.137. The standard InChI is InChI=1S/C26H23F3N4O4/c1-16-7-5-11-21(17(16)2)32-24(35)25(36)33-30-14-18-8-3-4-12-22(18)37-15-23(34)31-20-10-6-9-19(13-20)26(27,28)29/h3-14H,15H2,1-2H3,(H,31,34)(H,32,35)(H,33,36). The molecule has 3 N–H and O–H groups in total. The van der Waals surface area contributed by atoms with Crippen molar-refractivity contribution in [3.63, 3.8) is 0 Å². The van der Waals surface area contributed by atoms with Crippen LogP contribution in [0.25, 0.3) is 0 Å². The minimum Gasteiger partial charge on any atom is -0.483 e. The van der Waals surface area contributed by atoms with Crippen LogP contribution >= 0.6 is 0 Å². The number of ether oxygens (including phenoxy) is 1. The van der Waals surface area contributed by atoms with Gasteiger partial charge in [0.1, 0.15) is 5.75 Å². The van der Waals surface area contributed by atoms with Gasteiger partial charge >= 0.3 is 18.0 Å². The monoisotopic (exact) mass is 512 g/mol. The molecule has 3 aromatic carbocycles. The van der Waals surface area contributed by atoms with E-state index >= 15 is 0 Å². The number of rotatable bonds is 7. The fourth-order valence-electron chi connectivity index (χ4n) is 3.11. The Morgan fingerprint density at radius 3 is 2.41 bits per heavy atom. The molecule has 0 aromatic heterocycles. The molecule has 8 nitrogen and oxygen atoms in total. The zero-order valence-corrected chi connectivity index (χ0v) is 19.8. The summed E-state index contributed by atoms with van der Waals surface area (Å²) >= 11 is 0. The molecular formula is C26H23F3N4O4. The lowest BCUT2D eigenvalue weighted by Crippen LogP contribution is -2.32. The van der Waals surface area contributed by atoms with Gasteiger partial charge in [0.15, 0.2) is 6.61 Å². The average Bonchev–Trinajstić information content (AvgIpc) is 2.85. The van der Waals surface area contributed by atoms with E-state index in [9.17, 15) is 27.6 Å². The lowest BCUT2D eigenvalue weighted by Gasteiger charge is -2.11. The van der Waals surface area contributed by atoms with Crippen LogP contribution in [0, 0.1) is 13.8 Å². The minimum absolute atomic E-state index is 0.0277. The summed E-state index contributed by atoms with van der Waals surface area (Å²) in [6, 6.07) is 15.9. The van der Waals surface area contributed by atoms with Crippen LogP contribution in [0.3, 0.4) is 0 Å². The molecule has 0 saturated carbocycles. The van der Waals surface area contributed by atoms with Gasteiger partial charge in [-0.3, -0.25) is 14.4 Å². The summed E-state index contributed by atoms with van der Waals surface area (Å²) in [5.41, 5.74) is 3.87. The predicted molar refractivity (Wildman–Crippen MR) is 132 cm³/mol. The smallest absolute Gasteiger partial charge is 0.416 e. The number of benzene rings is 3. The number of amides is 3. The molecule has 0 aliphatic rings. The number of carbonyl (C=O) groups is 3. The Kier molecular flexibility index (Phi) is 8.62. The minimum atomic E-state index is -4.54. The van der Waals surface area contributed by atoms with E-state index in [1.54, 1.807) is 30.3 Å². The van der Waals surface area contributed by atoms with Gasteiger partial charge in [0.2, 0.25) is 0 Å². The molecule has 192 valence electrons. The highest BCUT2D eigenvalue weighted by Crippen LogP contribution is 2.30. The van der Waals surface area contributed by atoms with Crippen molar-refractivity contribution in [3.05, 3.63) is 89.0 Å². The van der Waals surface area contributed by atoms with Crippen LogP contribution < -0.4 is 20.8 Å². The van der Waals surface area contributed by atoms with Crippen molar-refractivity contribution in [2.24, 2.45) is 5.10 Å². The summed E-state index contributed by atoms with van der Waals surface area (Å²) in [6.07, 6.45) is -3.31. The normalized spacial score (nSPS) is 11.2. The Bertz CT molecular complexity index is 1340. The number of nitrogens with zero attached hydrogens (tertiary/aromatic N) is 1. The second kappa shape index (κ2) is 11.8. The maximum atomic E-state index is 12.8. The van der Waals surface area contributed by atoms with E-state index in [0.29, 0.717) is 11.3 Å². The molecular weight excluding hydrogens is 489 g/mol. The Labute approximate surface area is 210 Å². The highest BCUT2D eigenvalue weighted by molar-refractivity contribution is 6.39. The third-order valence-electron chi connectivity index (χ3n) is 5.18. The number of nitrogens with one attached hydrogen (secondary N) is 3.